The Morgan fingerprint density at radius 1 is 1.03 bits per heavy atom. The topological polar surface area (TPSA) is 84.5 Å². The van der Waals surface area contributed by atoms with Crippen LogP contribution in [0.1, 0.15) is 18.1 Å². The highest BCUT2D eigenvalue weighted by Gasteiger charge is 2.27. The third-order valence-corrected chi connectivity index (χ3v) is 4.44. The van der Waals surface area contributed by atoms with Crippen molar-refractivity contribution in [2.75, 3.05) is 7.11 Å². The van der Waals surface area contributed by atoms with Gasteiger partial charge in [-0.3, -0.25) is 9.59 Å². The molecule has 0 aliphatic carbocycles. The summed E-state index contributed by atoms with van der Waals surface area (Å²) in [5, 5.41) is 5.58. The van der Waals surface area contributed by atoms with Crippen molar-refractivity contribution in [3.05, 3.63) is 70.5 Å². The van der Waals surface area contributed by atoms with E-state index in [4.69, 9.17) is 16.3 Å². The zero-order valence-electron chi connectivity index (χ0n) is 16.1. The van der Waals surface area contributed by atoms with Gasteiger partial charge in [-0.25, -0.2) is 9.18 Å². The lowest BCUT2D eigenvalue weighted by atomic mass is 10.0. The van der Waals surface area contributed by atoms with Gasteiger partial charge in [-0.05, 0) is 29.3 Å². The Kier molecular flexibility index (Phi) is 8.15. The minimum atomic E-state index is -1.06. The van der Waals surface area contributed by atoms with Gasteiger partial charge in [0.15, 0.2) is 0 Å². The Morgan fingerprint density at radius 3 is 2.38 bits per heavy atom. The normalized spacial score (nSPS) is 12.6. The first-order valence-electron chi connectivity index (χ1n) is 8.93. The Balaban J connectivity index is 2.19. The monoisotopic (exact) mass is 420 g/mol. The van der Waals surface area contributed by atoms with E-state index in [-0.39, 0.29) is 18.4 Å². The lowest BCUT2D eigenvalue weighted by Crippen LogP contribution is -2.53. The minimum Gasteiger partial charge on any atom is -0.467 e. The molecule has 2 aromatic rings. The maximum absolute atomic E-state index is 14.0. The van der Waals surface area contributed by atoms with Gasteiger partial charge in [0.2, 0.25) is 11.8 Å². The molecule has 0 saturated heterocycles. The molecule has 8 heteroatoms. The van der Waals surface area contributed by atoms with E-state index >= 15 is 0 Å². The van der Waals surface area contributed by atoms with Gasteiger partial charge in [0.05, 0.1) is 7.11 Å². The van der Waals surface area contributed by atoms with Gasteiger partial charge in [0, 0.05) is 24.8 Å². The standard InChI is InChI=1S/C21H22ClFN2O4/c1-13(26)24-18(12-15-7-3-4-9-17(15)23)20(27)25-19(21(28)29-2)11-14-6-5-8-16(22)10-14/h3-10,18-19H,11-12H2,1-2H3,(H,24,26)(H,25,27)/t18-,19-/m0/s1. The lowest BCUT2D eigenvalue weighted by molar-refractivity contribution is -0.145. The first-order chi connectivity index (χ1) is 13.8. The average Bonchev–Trinajstić information content (AvgIpc) is 2.67. The van der Waals surface area contributed by atoms with Crippen molar-refractivity contribution in [2.24, 2.45) is 0 Å². The van der Waals surface area contributed by atoms with Crippen LogP contribution in [0.15, 0.2) is 48.5 Å². The van der Waals surface area contributed by atoms with Crippen molar-refractivity contribution in [3.63, 3.8) is 0 Å². The van der Waals surface area contributed by atoms with E-state index in [1.54, 1.807) is 30.3 Å². The van der Waals surface area contributed by atoms with Gasteiger partial charge in [-0.1, -0.05) is 41.9 Å². The molecular formula is C21H22ClFN2O4. The highest BCUT2D eigenvalue weighted by Crippen LogP contribution is 2.14. The summed E-state index contributed by atoms with van der Waals surface area (Å²) in [5.74, 6) is -2.21. The maximum Gasteiger partial charge on any atom is 0.328 e. The van der Waals surface area contributed by atoms with Crippen LogP contribution in [-0.4, -0.2) is 37.0 Å². The number of benzene rings is 2. The summed E-state index contributed by atoms with van der Waals surface area (Å²) in [6, 6.07) is 10.8. The molecule has 0 bridgehead atoms. The fraction of sp³-hybridized carbons (Fsp3) is 0.286. The molecule has 29 heavy (non-hydrogen) atoms. The smallest absolute Gasteiger partial charge is 0.328 e. The molecule has 2 rings (SSSR count). The van der Waals surface area contributed by atoms with Gasteiger partial charge < -0.3 is 15.4 Å². The molecule has 2 aromatic carbocycles. The second-order valence-electron chi connectivity index (χ2n) is 6.47. The van der Waals surface area contributed by atoms with Crippen LogP contribution in [0.3, 0.4) is 0 Å². The first kappa shape index (κ1) is 22.4. The van der Waals surface area contributed by atoms with Crippen molar-refractivity contribution < 1.29 is 23.5 Å². The number of carbonyl (C=O) groups is 3. The molecular weight excluding hydrogens is 399 g/mol. The van der Waals surface area contributed by atoms with E-state index in [2.05, 4.69) is 10.6 Å². The predicted molar refractivity (Wildman–Crippen MR) is 107 cm³/mol. The number of nitrogens with one attached hydrogen (secondary N) is 2. The molecule has 154 valence electrons. The summed E-state index contributed by atoms with van der Waals surface area (Å²) in [6.07, 6.45) is 0.0780. The number of methoxy groups -OCH3 is 1. The minimum absolute atomic E-state index is 0.0663. The SMILES string of the molecule is COC(=O)[C@H](Cc1cccc(Cl)c1)NC(=O)[C@H](Cc1ccccc1F)NC(C)=O. The highest BCUT2D eigenvalue weighted by molar-refractivity contribution is 6.30. The zero-order valence-corrected chi connectivity index (χ0v) is 16.8. The second-order valence-corrected chi connectivity index (χ2v) is 6.90. The molecule has 0 heterocycles. The maximum atomic E-state index is 14.0. The van der Waals surface area contributed by atoms with E-state index in [0.717, 1.165) is 5.56 Å². The fourth-order valence-corrected chi connectivity index (χ4v) is 3.06. The van der Waals surface area contributed by atoms with Crippen LogP contribution in [0.4, 0.5) is 4.39 Å². The van der Waals surface area contributed by atoms with E-state index in [1.165, 1.54) is 32.2 Å². The van der Waals surface area contributed by atoms with E-state index in [0.29, 0.717) is 5.02 Å². The third-order valence-electron chi connectivity index (χ3n) is 4.21. The largest absolute Gasteiger partial charge is 0.467 e. The van der Waals surface area contributed by atoms with Gasteiger partial charge in [0.25, 0.3) is 0 Å². The number of ether oxygens (including phenoxy) is 1. The van der Waals surface area contributed by atoms with Crippen molar-refractivity contribution in [3.8, 4) is 0 Å². The van der Waals surface area contributed by atoms with Crippen LogP contribution < -0.4 is 10.6 Å². The quantitative estimate of drug-likeness (QED) is 0.642. The lowest BCUT2D eigenvalue weighted by Gasteiger charge is -2.22. The van der Waals surface area contributed by atoms with Crippen LogP contribution in [-0.2, 0) is 32.0 Å². The predicted octanol–water partition coefficient (Wildman–Crippen LogP) is 2.43. The Morgan fingerprint density at radius 2 is 1.76 bits per heavy atom. The summed E-state index contributed by atoms with van der Waals surface area (Å²) < 4.78 is 18.8. The molecule has 0 spiro atoms. The molecule has 2 amide bonds. The molecule has 0 aliphatic heterocycles. The summed E-state index contributed by atoms with van der Waals surface area (Å²) in [5.41, 5.74) is 0.990. The van der Waals surface area contributed by atoms with Gasteiger partial charge in [-0.15, -0.1) is 0 Å². The number of carbonyl (C=O) groups excluding carboxylic acids is 3. The van der Waals surface area contributed by atoms with Gasteiger partial charge in [-0.2, -0.15) is 0 Å². The number of rotatable bonds is 8. The molecule has 0 saturated carbocycles. The van der Waals surface area contributed by atoms with Crippen LogP contribution >= 0.6 is 11.6 Å². The second kappa shape index (κ2) is 10.6. The van der Waals surface area contributed by atoms with Crippen LogP contribution in [0.2, 0.25) is 5.02 Å². The Hall–Kier alpha value is -2.93. The highest BCUT2D eigenvalue weighted by atomic mass is 35.5. The fourth-order valence-electron chi connectivity index (χ4n) is 2.85. The van der Waals surface area contributed by atoms with Crippen molar-refractivity contribution in [1.29, 1.82) is 0 Å². The van der Waals surface area contributed by atoms with Crippen LogP contribution in [0, 0.1) is 5.82 Å². The first-order valence-corrected chi connectivity index (χ1v) is 9.31. The van der Waals surface area contributed by atoms with Crippen molar-refractivity contribution in [1.82, 2.24) is 10.6 Å². The van der Waals surface area contributed by atoms with Crippen LogP contribution in [0.25, 0.3) is 0 Å². The van der Waals surface area contributed by atoms with Gasteiger partial charge >= 0.3 is 5.97 Å². The molecule has 6 nitrogen and oxygen atoms in total. The molecule has 2 N–H and O–H groups in total. The number of amides is 2. The molecule has 0 radical (unpaired) electrons. The molecule has 0 aliphatic rings. The molecule has 0 unspecified atom stereocenters. The van der Waals surface area contributed by atoms with E-state index < -0.39 is 35.7 Å². The summed E-state index contributed by atoms with van der Waals surface area (Å²) in [7, 11) is 1.21. The molecule has 0 fully saturated rings. The Bertz CT molecular complexity index is 890. The summed E-state index contributed by atoms with van der Waals surface area (Å²) in [4.78, 5) is 36.5. The average molecular weight is 421 g/mol. The Labute approximate surface area is 173 Å². The van der Waals surface area contributed by atoms with E-state index in [9.17, 15) is 18.8 Å². The summed E-state index contributed by atoms with van der Waals surface area (Å²) >= 11 is 5.97. The molecule has 0 aromatic heterocycles. The van der Waals surface area contributed by atoms with Gasteiger partial charge in [0.1, 0.15) is 17.9 Å². The third kappa shape index (κ3) is 6.87. The number of esters is 1. The number of hydrogen-bond donors (Lipinski definition) is 2. The van der Waals surface area contributed by atoms with Crippen molar-refractivity contribution in [2.45, 2.75) is 31.8 Å². The van der Waals surface area contributed by atoms with Crippen LogP contribution in [0.5, 0.6) is 0 Å². The zero-order chi connectivity index (χ0) is 21.4. The summed E-state index contributed by atoms with van der Waals surface area (Å²) in [6.45, 7) is 1.26. The number of halogens is 2. The number of hydrogen-bond acceptors (Lipinski definition) is 4. The van der Waals surface area contributed by atoms with E-state index in [1.807, 2.05) is 0 Å². The van der Waals surface area contributed by atoms with Crippen molar-refractivity contribution >= 4 is 29.4 Å². The molecule has 2 atom stereocenters.